The summed E-state index contributed by atoms with van der Waals surface area (Å²) in [6.07, 6.45) is -2.80. The van der Waals surface area contributed by atoms with Gasteiger partial charge < -0.3 is 33.5 Å². The van der Waals surface area contributed by atoms with Crippen LogP contribution in [-0.4, -0.2) is 0 Å². The summed E-state index contributed by atoms with van der Waals surface area (Å²) in [6, 6.07) is 11.8. The van der Waals surface area contributed by atoms with Gasteiger partial charge in [-0.2, -0.15) is 0 Å². The third kappa shape index (κ3) is 5.67. The zero-order valence-electron chi connectivity index (χ0n) is 13.5. The molecule has 0 heterocycles. The van der Waals surface area contributed by atoms with Crippen molar-refractivity contribution in [2.75, 3.05) is 0 Å². The van der Waals surface area contributed by atoms with Gasteiger partial charge in [-0.1, -0.05) is 35.4 Å². The Hall–Kier alpha value is 0.170. The van der Waals surface area contributed by atoms with Crippen LogP contribution >= 0.6 is 6.12 Å². The van der Waals surface area contributed by atoms with Crippen molar-refractivity contribution in [2.45, 2.75) is 27.7 Å². The number of hydrogen-bond acceptors (Lipinski definition) is 4. The molecule has 0 fully saturated rings. The van der Waals surface area contributed by atoms with Crippen LogP contribution in [0.15, 0.2) is 36.4 Å². The van der Waals surface area contributed by atoms with Crippen LogP contribution in [-0.2, 0) is 24.5 Å². The Morgan fingerprint density at radius 3 is 1.41 bits per heavy atom. The molecule has 112 valence electrons. The van der Waals surface area contributed by atoms with E-state index >= 15 is 0 Å². The zero-order valence-corrected chi connectivity index (χ0v) is 18.1. The molecular formula is C16H18NaO2PS2. The van der Waals surface area contributed by atoms with Crippen LogP contribution in [0.1, 0.15) is 22.3 Å². The van der Waals surface area contributed by atoms with Crippen molar-refractivity contribution in [2.24, 2.45) is 0 Å². The second-order valence-electron chi connectivity index (χ2n) is 5.17. The van der Waals surface area contributed by atoms with Crippen molar-refractivity contribution < 1.29 is 38.6 Å². The van der Waals surface area contributed by atoms with E-state index in [9.17, 15) is 0 Å². The fourth-order valence-electron chi connectivity index (χ4n) is 2.06. The zero-order chi connectivity index (χ0) is 15.6. The number of rotatable bonds is 4. The van der Waals surface area contributed by atoms with Gasteiger partial charge >= 0.3 is 29.6 Å². The van der Waals surface area contributed by atoms with E-state index in [1.54, 1.807) is 0 Å². The molecule has 2 rings (SSSR count). The maximum atomic E-state index is 5.80. The van der Waals surface area contributed by atoms with E-state index < -0.39 is 6.12 Å². The molecule has 0 aliphatic carbocycles. The summed E-state index contributed by atoms with van der Waals surface area (Å²) >= 11 is 10.7. The van der Waals surface area contributed by atoms with Crippen LogP contribution in [0.4, 0.5) is 0 Å². The van der Waals surface area contributed by atoms with Gasteiger partial charge in [-0.25, -0.2) is 0 Å². The summed E-state index contributed by atoms with van der Waals surface area (Å²) < 4.78 is 11.6. The minimum atomic E-state index is -2.80. The molecule has 2 aromatic rings. The van der Waals surface area contributed by atoms with Crippen molar-refractivity contribution in [3.8, 4) is 11.5 Å². The molecule has 6 heteroatoms. The van der Waals surface area contributed by atoms with Gasteiger partial charge in [0.1, 0.15) is 6.12 Å². The van der Waals surface area contributed by atoms with Crippen LogP contribution in [0.3, 0.4) is 0 Å². The molecule has 0 aliphatic rings. The van der Waals surface area contributed by atoms with Gasteiger partial charge in [0, 0.05) is 0 Å². The largest absolute Gasteiger partial charge is 1.00 e. The van der Waals surface area contributed by atoms with Gasteiger partial charge in [0.05, 0.1) is 0 Å². The summed E-state index contributed by atoms with van der Waals surface area (Å²) in [7, 11) is 0. The average molecular weight is 360 g/mol. The molecule has 0 saturated heterocycles. The summed E-state index contributed by atoms with van der Waals surface area (Å²) in [5.74, 6) is 1.40. The van der Waals surface area contributed by atoms with Crippen molar-refractivity contribution in [3.05, 3.63) is 58.7 Å². The first-order valence-electron chi connectivity index (χ1n) is 6.61. The minimum Gasteiger partial charge on any atom is -0.496 e. The molecule has 2 nitrogen and oxygen atoms in total. The Balaban J connectivity index is 0.00000242. The molecule has 0 aliphatic heterocycles. The molecule has 0 saturated carbocycles. The molecule has 0 aromatic heterocycles. The summed E-state index contributed by atoms with van der Waals surface area (Å²) in [6.45, 7) is 8.02. The fraction of sp³-hybridized carbons (Fsp3) is 0.250. The summed E-state index contributed by atoms with van der Waals surface area (Å²) in [4.78, 5) is 0. The monoisotopic (exact) mass is 360 g/mol. The minimum absolute atomic E-state index is 0. The maximum absolute atomic E-state index is 5.80. The average Bonchev–Trinajstić information content (AvgIpc) is 2.36. The first-order chi connectivity index (χ1) is 9.77. The van der Waals surface area contributed by atoms with Crippen LogP contribution in [0, 0.1) is 27.7 Å². The third-order valence-corrected chi connectivity index (χ3v) is 4.82. The van der Waals surface area contributed by atoms with Gasteiger partial charge in [-0.15, -0.1) is 0 Å². The van der Waals surface area contributed by atoms with E-state index in [1.807, 2.05) is 64.1 Å². The maximum Gasteiger partial charge on any atom is 1.00 e. The van der Waals surface area contributed by atoms with Gasteiger partial charge in [-0.05, 0) is 51.0 Å². The van der Waals surface area contributed by atoms with Gasteiger partial charge in [0.2, 0.25) is 0 Å². The molecule has 0 amide bonds. The molecule has 0 radical (unpaired) electrons. The first kappa shape index (κ1) is 20.2. The number of hydrogen-bond donors (Lipinski definition) is 0. The number of aryl methyl sites for hydroxylation is 4. The van der Waals surface area contributed by atoms with E-state index in [2.05, 4.69) is 0 Å². The molecule has 0 N–H and O–H groups in total. The molecule has 0 spiro atoms. The van der Waals surface area contributed by atoms with Crippen LogP contribution in [0.5, 0.6) is 11.5 Å². The molecule has 2 aromatic carbocycles. The SMILES string of the molecule is Cc1ccc(O[P+]([S-])([S-])Oc2ccc(C)cc2C)c(C)c1.[Na+]. The van der Waals surface area contributed by atoms with E-state index in [-0.39, 0.29) is 29.6 Å². The van der Waals surface area contributed by atoms with Crippen molar-refractivity contribution >= 4 is 30.6 Å². The normalized spacial score (nSPS) is 10.8. The Morgan fingerprint density at radius 2 is 1.09 bits per heavy atom. The van der Waals surface area contributed by atoms with Crippen LogP contribution < -0.4 is 38.6 Å². The van der Waals surface area contributed by atoms with Gasteiger partial charge in [0.15, 0.2) is 11.5 Å². The van der Waals surface area contributed by atoms with Crippen molar-refractivity contribution in [1.82, 2.24) is 0 Å². The topological polar surface area (TPSA) is 18.5 Å². The summed E-state index contributed by atoms with van der Waals surface area (Å²) in [5.41, 5.74) is 4.37. The quantitative estimate of drug-likeness (QED) is 0.472. The van der Waals surface area contributed by atoms with E-state index in [4.69, 9.17) is 33.5 Å². The standard InChI is InChI=1S/C16H19O2PS2.Na/c1-11-5-7-15(13(3)9-11)17-19(20,21)18-16-8-6-12(2)10-14(16)4;/h5-10H,1-4H3,(H,20,21);/q;+1/p-1. The van der Waals surface area contributed by atoms with Crippen molar-refractivity contribution in [1.29, 1.82) is 0 Å². The summed E-state index contributed by atoms with van der Waals surface area (Å²) in [5, 5.41) is 0. The fourth-order valence-corrected chi connectivity index (χ4v) is 3.96. The van der Waals surface area contributed by atoms with E-state index in [1.165, 1.54) is 11.1 Å². The Kier molecular flexibility index (Phi) is 7.65. The van der Waals surface area contributed by atoms with E-state index in [0.717, 1.165) is 11.1 Å². The van der Waals surface area contributed by atoms with Gasteiger partial charge in [0.25, 0.3) is 0 Å². The molecule has 22 heavy (non-hydrogen) atoms. The van der Waals surface area contributed by atoms with Gasteiger partial charge in [-0.3, -0.25) is 0 Å². The number of benzene rings is 2. The Morgan fingerprint density at radius 1 is 0.727 bits per heavy atom. The molecule has 0 unspecified atom stereocenters. The van der Waals surface area contributed by atoms with Crippen LogP contribution in [0.2, 0.25) is 0 Å². The molecular weight excluding hydrogens is 342 g/mol. The second-order valence-corrected chi connectivity index (χ2v) is 10.0. The van der Waals surface area contributed by atoms with Crippen molar-refractivity contribution in [3.63, 3.8) is 0 Å². The van der Waals surface area contributed by atoms with E-state index in [0.29, 0.717) is 11.5 Å². The predicted molar refractivity (Wildman–Crippen MR) is 94.7 cm³/mol. The van der Waals surface area contributed by atoms with Crippen LogP contribution in [0.25, 0.3) is 0 Å². The Bertz CT molecular complexity index is 607. The third-order valence-electron chi connectivity index (χ3n) is 3.08. The molecule has 0 atom stereocenters. The predicted octanol–water partition coefficient (Wildman–Crippen LogP) is 2.15. The molecule has 0 bridgehead atoms. The second kappa shape index (κ2) is 8.32. The Labute approximate surface area is 166 Å². The smallest absolute Gasteiger partial charge is 0.496 e. The first-order valence-corrected chi connectivity index (χ1v) is 10.3.